The van der Waals surface area contributed by atoms with Crippen LogP contribution in [0.15, 0.2) is 0 Å². The van der Waals surface area contributed by atoms with E-state index < -0.39 is 6.16 Å². The molecule has 0 radical (unpaired) electrons. The Kier molecular flexibility index (Phi) is 8.70. The molecule has 1 aliphatic rings. The zero-order valence-electron chi connectivity index (χ0n) is 11.8. The lowest BCUT2D eigenvalue weighted by Crippen LogP contribution is -2.21. The van der Waals surface area contributed by atoms with Gasteiger partial charge in [0.1, 0.15) is 6.10 Å². The monoisotopic (exact) mass is 256 g/mol. The second kappa shape index (κ2) is 10.2. The molecule has 0 atom stereocenters. The van der Waals surface area contributed by atoms with Crippen molar-refractivity contribution in [1.82, 2.24) is 0 Å². The molecule has 0 aromatic rings. The van der Waals surface area contributed by atoms with Crippen LogP contribution < -0.4 is 0 Å². The van der Waals surface area contributed by atoms with Crippen molar-refractivity contribution in [2.45, 2.75) is 83.7 Å². The molecule has 18 heavy (non-hydrogen) atoms. The van der Waals surface area contributed by atoms with E-state index in [1.54, 1.807) is 0 Å². The molecular weight excluding hydrogens is 228 g/mol. The van der Waals surface area contributed by atoms with E-state index in [2.05, 4.69) is 6.92 Å². The van der Waals surface area contributed by atoms with Crippen LogP contribution in [0.2, 0.25) is 0 Å². The summed E-state index contributed by atoms with van der Waals surface area (Å²) < 4.78 is 10.4. The number of rotatable bonds is 8. The van der Waals surface area contributed by atoms with E-state index in [4.69, 9.17) is 9.47 Å². The molecule has 0 bridgehead atoms. The van der Waals surface area contributed by atoms with Gasteiger partial charge in [0.05, 0.1) is 6.61 Å². The van der Waals surface area contributed by atoms with E-state index in [9.17, 15) is 4.79 Å². The molecule has 0 aromatic heterocycles. The molecular formula is C15H28O3. The molecule has 0 heterocycles. The molecule has 0 spiro atoms. The van der Waals surface area contributed by atoms with Gasteiger partial charge in [0.2, 0.25) is 0 Å². The molecule has 106 valence electrons. The summed E-state index contributed by atoms with van der Waals surface area (Å²) in [5, 5.41) is 0. The van der Waals surface area contributed by atoms with Gasteiger partial charge in [-0.1, -0.05) is 45.4 Å². The van der Waals surface area contributed by atoms with Crippen LogP contribution in [0.25, 0.3) is 0 Å². The Labute approximate surface area is 111 Å². The minimum Gasteiger partial charge on any atom is -0.434 e. The summed E-state index contributed by atoms with van der Waals surface area (Å²) >= 11 is 0. The summed E-state index contributed by atoms with van der Waals surface area (Å²) in [5.41, 5.74) is 0. The SMILES string of the molecule is CCCCCCCCOC(=O)OC1CCCCC1. The third kappa shape index (κ3) is 7.57. The summed E-state index contributed by atoms with van der Waals surface area (Å²) in [6.07, 6.45) is 12.5. The number of carbonyl (C=O) groups is 1. The van der Waals surface area contributed by atoms with Crippen LogP contribution in [0.4, 0.5) is 4.79 Å². The second-order valence-corrected chi connectivity index (χ2v) is 5.24. The first-order valence-corrected chi connectivity index (χ1v) is 7.66. The Morgan fingerprint density at radius 1 is 1.00 bits per heavy atom. The summed E-state index contributed by atoms with van der Waals surface area (Å²) in [4.78, 5) is 11.4. The van der Waals surface area contributed by atoms with E-state index in [1.807, 2.05) is 0 Å². The van der Waals surface area contributed by atoms with Gasteiger partial charge >= 0.3 is 6.16 Å². The fraction of sp³-hybridized carbons (Fsp3) is 0.933. The zero-order chi connectivity index (χ0) is 13.1. The third-order valence-corrected chi connectivity index (χ3v) is 3.53. The van der Waals surface area contributed by atoms with Gasteiger partial charge in [-0.05, 0) is 32.1 Å². The molecule has 0 aromatic carbocycles. The first kappa shape index (κ1) is 15.3. The minimum atomic E-state index is -0.463. The topological polar surface area (TPSA) is 35.5 Å². The molecule has 0 unspecified atom stereocenters. The van der Waals surface area contributed by atoms with Crippen LogP contribution in [-0.2, 0) is 9.47 Å². The summed E-state index contributed by atoms with van der Waals surface area (Å²) in [6, 6.07) is 0. The Balaban J connectivity index is 1.90. The summed E-state index contributed by atoms with van der Waals surface area (Å²) in [6.45, 7) is 2.72. The second-order valence-electron chi connectivity index (χ2n) is 5.24. The van der Waals surface area contributed by atoms with Gasteiger partial charge in [0.25, 0.3) is 0 Å². The highest BCUT2D eigenvalue weighted by Crippen LogP contribution is 2.20. The molecule has 3 nitrogen and oxygen atoms in total. The number of carbonyl (C=O) groups excluding carboxylic acids is 1. The van der Waals surface area contributed by atoms with Crippen molar-refractivity contribution in [3.63, 3.8) is 0 Å². The fourth-order valence-corrected chi connectivity index (χ4v) is 2.39. The average molecular weight is 256 g/mol. The number of ether oxygens (including phenoxy) is 2. The van der Waals surface area contributed by atoms with Crippen molar-refractivity contribution in [2.24, 2.45) is 0 Å². The molecule has 0 saturated heterocycles. The normalized spacial score (nSPS) is 16.5. The van der Waals surface area contributed by atoms with Crippen LogP contribution in [0, 0.1) is 0 Å². The number of hydrogen-bond acceptors (Lipinski definition) is 3. The van der Waals surface area contributed by atoms with Gasteiger partial charge in [-0.25, -0.2) is 4.79 Å². The van der Waals surface area contributed by atoms with Crippen molar-refractivity contribution < 1.29 is 14.3 Å². The predicted octanol–water partition coefficient (Wildman–Crippen LogP) is 4.83. The zero-order valence-corrected chi connectivity index (χ0v) is 11.8. The highest BCUT2D eigenvalue weighted by Gasteiger charge is 2.18. The largest absolute Gasteiger partial charge is 0.508 e. The Bertz CT molecular complexity index is 210. The molecule has 0 aliphatic heterocycles. The van der Waals surface area contributed by atoms with E-state index in [-0.39, 0.29) is 6.10 Å². The third-order valence-electron chi connectivity index (χ3n) is 3.53. The lowest BCUT2D eigenvalue weighted by molar-refractivity contribution is 0.0106. The van der Waals surface area contributed by atoms with E-state index in [0.717, 1.165) is 25.7 Å². The van der Waals surface area contributed by atoms with Gasteiger partial charge in [0.15, 0.2) is 0 Å². The molecule has 3 heteroatoms. The minimum absolute atomic E-state index is 0.107. The predicted molar refractivity (Wildman–Crippen MR) is 72.7 cm³/mol. The van der Waals surface area contributed by atoms with E-state index >= 15 is 0 Å². The molecule has 0 amide bonds. The number of unbranched alkanes of at least 4 members (excludes halogenated alkanes) is 5. The fourth-order valence-electron chi connectivity index (χ4n) is 2.39. The van der Waals surface area contributed by atoms with Gasteiger partial charge < -0.3 is 9.47 Å². The maximum absolute atomic E-state index is 11.4. The van der Waals surface area contributed by atoms with Gasteiger partial charge in [-0.3, -0.25) is 0 Å². The first-order chi connectivity index (χ1) is 8.83. The van der Waals surface area contributed by atoms with Gasteiger partial charge in [-0.15, -0.1) is 0 Å². The van der Waals surface area contributed by atoms with Crippen molar-refractivity contribution in [2.75, 3.05) is 6.61 Å². The Hall–Kier alpha value is -0.730. The summed E-state index contributed by atoms with van der Waals surface area (Å²) in [5.74, 6) is 0. The lowest BCUT2D eigenvalue weighted by Gasteiger charge is -2.21. The van der Waals surface area contributed by atoms with Crippen LogP contribution in [0.5, 0.6) is 0 Å². The first-order valence-electron chi connectivity index (χ1n) is 7.66. The van der Waals surface area contributed by atoms with E-state index in [1.165, 1.54) is 44.9 Å². The van der Waals surface area contributed by atoms with Crippen molar-refractivity contribution in [1.29, 1.82) is 0 Å². The summed E-state index contributed by atoms with van der Waals surface area (Å²) in [7, 11) is 0. The maximum Gasteiger partial charge on any atom is 0.508 e. The van der Waals surface area contributed by atoms with Crippen LogP contribution in [-0.4, -0.2) is 18.9 Å². The van der Waals surface area contributed by atoms with Crippen LogP contribution in [0.1, 0.15) is 77.6 Å². The smallest absolute Gasteiger partial charge is 0.434 e. The molecule has 1 aliphatic carbocycles. The maximum atomic E-state index is 11.4. The van der Waals surface area contributed by atoms with Crippen LogP contribution in [0.3, 0.4) is 0 Å². The number of hydrogen-bond donors (Lipinski definition) is 0. The van der Waals surface area contributed by atoms with Gasteiger partial charge in [0, 0.05) is 0 Å². The van der Waals surface area contributed by atoms with Crippen molar-refractivity contribution in [3.8, 4) is 0 Å². The van der Waals surface area contributed by atoms with Gasteiger partial charge in [-0.2, -0.15) is 0 Å². The molecule has 0 N–H and O–H groups in total. The highest BCUT2D eigenvalue weighted by molar-refractivity contribution is 5.60. The van der Waals surface area contributed by atoms with Crippen LogP contribution >= 0.6 is 0 Å². The Morgan fingerprint density at radius 2 is 1.67 bits per heavy atom. The van der Waals surface area contributed by atoms with E-state index in [0.29, 0.717) is 6.61 Å². The van der Waals surface area contributed by atoms with Crippen molar-refractivity contribution >= 4 is 6.16 Å². The molecule has 1 saturated carbocycles. The van der Waals surface area contributed by atoms with Crippen molar-refractivity contribution in [3.05, 3.63) is 0 Å². The quantitative estimate of drug-likeness (QED) is 0.461. The average Bonchev–Trinajstić information content (AvgIpc) is 2.39. The standard InChI is InChI=1S/C15H28O3/c1-2-3-4-5-6-10-13-17-15(16)18-14-11-8-7-9-12-14/h14H,2-13H2,1H3. The molecule has 1 rings (SSSR count). The Morgan fingerprint density at radius 3 is 2.39 bits per heavy atom. The lowest BCUT2D eigenvalue weighted by atomic mass is 9.98. The molecule has 1 fully saturated rings. The highest BCUT2D eigenvalue weighted by atomic mass is 16.7.